The molecule has 1 aromatic carbocycles. The van der Waals surface area contributed by atoms with E-state index in [2.05, 4.69) is 58.4 Å². The Morgan fingerprint density at radius 1 is 1.25 bits per heavy atom. The zero-order valence-corrected chi connectivity index (χ0v) is 19.6. The molecule has 156 valence electrons. The molecule has 1 unspecified atom stereocenters. The van der Waals surface area contributed by atoms with Crippen LogP contribution >= 0.6 is 24.0 Å². The highest BCUT2D eigenvalue weighted by molar-refractivity contribution is 14.0. The van der Waals surface area contributed by atoms with Gasteiger partial charge in [0.1, 0.15) is 0 Å². The molecule has 2 aliphatic heterocycles. The molecule has 0 spiro atoms. The molecule has 28 heavy (non-hydrogen) atoms. The highest BCUT2D eigenvalue weighted by Crippen LogP contribution is 2.22. The van der Waals surface area contributed by atoms with Crippen molar-refractivity contribution in [3.63, 3.8) is 0 Å². The number of methoxy groups -OCH3 is 1. The molecule has 1 atom stereocenters. The second kappa shape index (κ2) is 12.4. The molecule has 1 N–H and O–H groups in total. The summed E-state index contributed by atoms with van der Waals surface area (Å²) in [6.45, 7) is 8.86. The van der Waals surface area contributed by atoms with E-state index in [1.54, 1.807) is 7.11 Å². The van der Waals surface area contributed by atoms with Crippen molar-refractivity contribution < 1.29 is 4.74 Å². The summed E-state index contributed by atoms with van der Waals surface area (Å²) in [5, 5.41) is 3.49. The van der Waals surface area contributed by atoms with Gasteiger partial charge in [-0.15, -0.1) is 24.0 Å². The van der Waals surface area contributed by atoms with E-state index in [0.29, 0.717) is 6.04 Å². The summed E-state index contributed by atoms with van der Waals surface area (Å²) in [5.74, 6) is 1.06. The van der Waals surface area contributed by atoms with Gasteiger partial charge in [-0.3, -0.25) is 9.89 Å². The van der Waals surface area contributed by atoms with Crippen LogP contribution in [0.2, 0.25) is 0 Å². The van der Waals surface area contributed by atoms with Crippen molar-refractivity contribution in [3.8, 4) is 0 Å². The minimum absolute atomic E-state index is 0. The van der Waals surface area contributed by atoms with Crippen LogP contribution in [0.5, 0.6) is 0 Å². The van der Waals surface area contributed by atoms with Crippen molar-refractivity contribution >= 4 is 35.5 Å². The van der Waals surface area contributed by atoms with Gasteiger partial charge >= 0.3 is 0 Å². The van der Waals surface area contributed by atoms with E-state index in [0.717, 1.165) is 51.7 Å². The van der Waals surface area contributed by atoms with Crippen molar-refractivity contribution in [2.75, 3.05) is 53.0 Å². The summed E-state index contributed by atoms with van der Waals surface area (Å²) in [5.41, 5.74) is 2.79. The minimum atomic E-state index is 0. The average Bonchev–Trinajstić information content (AvgIpc) is 3.17. The molecular formula is C22H35IN4O. The fourth-order valence-electron chi connectivity index (χ4n) is 4.00. The predicted molar refractivity (Wildman–Crippen MR) is 128 cm³/mol. The van der Waals surface area contributed by atoms with Crippen LogP contribution in [0, 0.1) is 0 Å². The third-order valence-corrected chi connectivity index (χ3v) is 5.52. The molecule has 3 rings (SSSR count). The number of nitrogens with zero attached hydrogens (tertiary/aromatic N) is 3. The molecule has 1 fully saturated rings. The van der Waals surface area contributed by atoms with Crippen molar-refractivity contribution in [3.05, 3.63) is 42.0 Å². The zero-order chi connectivity index (χ0) is 18.9. The Kier molecular flexibility index (Phi) is 10.3. The lowest BCUT2D eigenvalue weighted by molar-refractivity contribution is 0.142. The quantitative estimate of drug-likeness (QED) is 0.355. The largest absolute Gasteiger partial charge is 0.383 e. The molecule has 1 saturated heterocycles. The number of nitrogens with one attached hydrogen (secondary N) is 1. The van der Waals surface area contributed by atoms with Crippen LogP contribution < -0.4 is 5.32 Å². The first-order valence-corrected chi connectivity index (χ1v) is 10.3. The lowest BCUT2D eigenvalue weighted by Crippen LogP contribution is -2.44. The topological polar surface area (TPSA) is 40.1 Å². The van der Waals surface area contributed by atoms with Gasteiger partial charge in [-0.2, -0.15) is 0 Å². The third-order valence-electron chi connectivity index (χ3n) is 5.52. The highest BCUT2D eigenvalue weighted by Gasteiger charge is 2.24. The van der Waals surface area contributed by atoms with Gasteiger partial charge in [0, 0.05) is 39.3 Å². The SMILES string of the molecule is CCNC(=NCC1CCCN1CCOC)N1CC=C(c2ccccc2)CC1.I. The fraction of sp³-hybridized carbons (Fsp3) is 0.591. The maximum Gasteiger partial charge on any atom is 0.194 e. The molecular weight excluding hydrogens is 463 g/mol. The van der Waals surface area contributed by atoms with E-state index in [1.807, 2.05) is 0 Å². The maximum atomic E-state index is 5.25. The zero-order valence-electron chi connectivity index (χ0n) is 17.3. The number of rotatable bonds is 7. The summed E-state index contributed by atoms with van der Waals surface area (Å²) < 4.78 is 5.25. The van der Waals surface area contributed by atoms with Gasteiger partial charge < -0.3 is 15.0 Å². The third kappa shape index (κ3) is 6.46. The molecule has 0 aromatic heterocycles. The number of guanidine groups is 1. The first-order valence-electron chi connectivity index (χ1n) is 10.3. The normalized spacial score (nSPS) is 20.6. The van der Waals surface area contributed by atoms with Gasteiger partial charge in [-0.05, 0) is 43.9 Å². The summed E-state index contributed by atoms with van der Waals surface area (Å²) >= 11 is 0. The van der Waals surface area contributed by atoms with Crippen LogP contribution in [0.15, 0.2) is 41.4 Å². The molecule has 0 bridgehead atoms. The van der Waals surface area contributed by atoms with Crippen LogP contribution in [0.1, 0.15) is 31.7 Å². The Bertz CT molecular complexity index is 635. The molecule has 0 amide bonds. The second-order valence-electron chi connectivity index (χ2n) is 7.31. The second-order valence-corrected chi connectivity index (χ2v) is 7.31. The van der Waals surface area contributed by atoms with Gasteiger partial charge in [-0.25, -0.2) is 0 Å². The summed E-state index contributed by atoms with van der Waals surface area (Å²) in [6, 6.07) is 11.3. The summed E-state index contributed by atoms with van der Waals surface area (Å²) in [6.07, 6.45) is 5.93. The first kappa shape index (κ1) is 23.2. The number of hydrogen-bond donors (Lipinski definition) is 1. The first-order chi connectivity index (χ1) is 13.3. The van der Waals surface area contributed by atoms with Gasteiger partial charge in [0.15, 0.2) is 5.96 Å². The summed E-state index contributed by atoms with van der Waals surface area (Å²) in [4.78, 5) is 9.90. The number of likely N-dealkylation sites (tertiary alicyclic amines) is 1. The van der Waals surface area contributed by atoms with Crippen molar-refractivity contribution in [1.82, 2.24) is 15.1 Å². The number of ether oxygens (including phenoxy) is 1. The van der Waals surface area contributed by atoms with E-state index < -0.39 is 0 Å². The number of aliphatic imine (C=N–C) groups is 1. The maximum absolute atomic E-state index is 5.25. The molecule has 0 radical (unpaired) electrons. The van der Waals surface area contributed by atoms with E-state index >= 15 is 0 Å². The molecule has 5 nitrogen and oxygen atoms in total. The smallest absolute Gasteiger partial charge is 0.194 e. The van der Waals surface area contributed by atoms with Crippen molar-refractivity contribution in [2.45, 2.75) is 32.2 Å². The van der Waals surface area contributed by atoms with E-state index in [9.17, 15) is 0 Å². The molecule has 0 saturated carbocycles. The lowest BCUT2D eigenvalue weighted by atomic mass is 10.00. The highest BCUT2D eigenvalue weighted by atomic mass is 127. The Hall–Kier alpha value is -1.12. The Balaban J connectivity index is 0.00000280. The molecule has 2 heterocycles. The van der Waals surface area contributed by atoms with Gasteiger partial charge in [0.2, 0.25) is 0 Å². The minimum Gasteiger partial charge on any atom is -0.383 e. The molecule has 6 heteroatoms. The number of benzene rings is 1. The van der Waals surface area contributed by atoms with Crippen LogP contribution in [0.3, 0.4) is 0 Å². The number of hydrogen-bond acceptors (Lipinski definition) is 3. The van der Waals surface area contributed by atoms with Gasteiger partial charge in [0.05, 0.1) is 13.2 Å². The van der Waals surface area contributed by atoms with Gasteiger partial charge in [0.25, 0.3) is 0 Å². The summed E-state index contributed by atoms with van der Waals surface area (Å²) in [7, 11) is 1.78. The van der Waals surface area contributed by atoms with E-state index in [1.165, 1.54) is 30.5 Å². The van der Waals surface area contributed by atoms with Crippen LogP contribution in [0.4, 0.5) is 0 Å². The molecule has 2 aliphatic rings. The molecule has 1 aromatic rings. The van der Waals surface area contributed by atoms with Gasteiger partial charge in [-0.1, -0.05) is 36.4 Å². The van der Waals surface area contributed by atoms with Crippen LogP contribution in [-0.2, 0) is 4.74 Å². The van der Waals surface area contributed by atoms with Crippen molar-refractivity contribution in [2.24, 2.45) is 4.99 Å². The standard InChI is InChI=1S/C22H34N4O.HI/c1-3-23-22(24-18-21-10-7-13-25(21)16-17-27-2)26-14-11-20(12-15-26)19-8-5-4-6-9-19;/h4-6,8-9,11,21H,3,7,10,12-18H2,1-2H3,(H,23,24);1H. The average molecular weight is 498 g/mol. The number of halogens is 1. The Labute approximate surface area is 187 Å². The monoisotopic (exact) mass is 498 g/mol. The Morgan fingerprint density at radius 3 is 2.75 bits per heavy atom. The van der Waals surface area contributed by atoms with Crippen LogP contribution in [-0.4, -0.2) is 74.8 Å². The predicted octanol–water partition coefficient (Wildman–Crippen LogP) is 3.47. The van der Waals surface area contributed by atoms with Crippen molar-refractivity contribution in [1.29, 1.82) is 0 Å². The van der Waals surface area contributed by atoms with Crippen LogP contribution in [0.25, 0.3) is 5.57 Å². The van der Waals surface area contributed by atoms with E-state index in [-0.39, 0.29) is 24.0 Å². The van der Waals surface area contributed by atoms with E-state index in [4.69, 9.17) is 9.73 Å². The lowest BCUT2D eigenvalue weighted by Gasteiger charge is -2.30. The Morgan fingerprint density at radius 2 is 2.07 bits per heavy atom. The molecule has 0 aliphatic carbocycles. The fourth-order valence-corrected chi connectivity index (χ4v) is 4.00.